The number of aryl methyl sites for hydroxylation is 1. The molecule has 3 aromatic rings. The number of rotatable bonds is 10. The number of carbonyl (C=O) groups is 1. The number of carbonyl (C=O) groups excluding carboxylic acids is 1. The Hall–Kier alpha value is -3.30. The lowest BCUT2D eigenvalue weighted by atomic mass is 9.87. The molecule has 0 saturated heterocycles. The van der Waals surface area contributed by atoms with Gasteiger partial charge in [-0.2, -0.15) is 4.31 Å². The van der Waals surface area contributed by atoms with Crippen LogP contribution in [0.25, 0.3) is 0 Å². The van der Waals surface area contributed by atoms with Crippen LogP contribution < -0.4 is 9.47 Å². The standard InChI is InChI=1S/C30H38N2O6S/c1-21(2)16-32(39(34,35)26-12-9-24(10-13-26)30(4,5)6)19-29(33)31(18-25-11-7-22(3)38-25)17-23-8-14-27-28(15-23)37-20-36-27/h7-15,21H,16-20H2,1-6H3. The number of furan rings is 1. The molecule has 210 valence electrons. The van der Waals surface area contributed by atoms with Crippen LogP contribution in [-0.4, -0.2) is 43.4 Å². The zero-order chi connectivity index (χ0) is 28.4. The lowest BCUT2D eigenvalue weighted by molar-refractivity contribution is -0.133. The SMILES string of the molecule is Cc1ccc(CN(Cc2ccc3c(c2)OCO3)C(=O)CN(CC(C)C)S(=O)(=O)c2ccc(C(C)(C)C)cc2)o1. The summed E-state index contributed by atoms with van der Waals surface area (Å²) in [6, 6.07) is 16.1. The van der Waals surface area contributed by atoms with Crippen molar-refractivity contribution in [3.63, 3.8) is 0 Å². The Kier molecular flexibility index (Phi) is 8.42. The first-order valence-electron chi connectivity index (χ1n) is 13.2. The van der Waals surface area contributed by atoms with E-state index in [4.69, 9.17) is 13.9 Å². The van der Waals surface area contributed by atoms with E-state index in [0.717, 1.165) is 16.9 Å². The molecule has 0 atom stereocenters. The Morgan fingerprint density at radius 2 is 1.64 bits per heavy atom. The lowest BCUT2D eigenvalue weighted by Crippen LogP contribution is -2.43. The minimum atomic E-state index is -3.91. The number of nitrogens with zero attached hydrogens (tertiary/aromatic N) is 2. The van der Waals surface area contributed by atoms with Gasteiger partial charge >= 0.3 is 0 Å². The summed E-state index contributed by atoms with van der Waals surface area (Å²) in [6.45, 7) is 12.5. The molecule has 0 spiro atoms. The number of sulfonamides is 1. The fourth-order valence-electron chi connectivity index (χ4n) is 4.43. The molecule has 1 amide bonds. The molecule has 0 bridgehead atoms. The van der Waals surface area contributed by atoms with Gasteiger partial charge < -0.3 is 18.8 Å². The van der Waals surface area contributed by atoms with Crippen LogP contribution in [0.3, 0.4) is 0 Å². The highest BCUT2D eigenvalue weighted by Gasteiger charge is 2.30. The molecule has 0 saturated carbocycles. The van der Waals surface area contributed by atoms with Gasteiger partial charge in [-0.3, -0.25) is 4.79 Å². The highest BCUT2D eigenvalue weighted by Crippen LogP contribution is 2.33. The molecule has 0 N–H and O–H groups in total. The predicted octanol–water partition coefficient (Wildman–Crippen LogP) is 5.49. The van der Waals surface area contributed by atoms with Crippen LogP contribution in [0.4, 0.5) is 0 Å². The summed E-state index contributed by atoms with van der Waals surface area (Å²) in [4.78, 5) is 15.6. The van der Waals surface area contributed by atoms with Crippen molar-refractivity contribution in [3.05, 3.63) is 77.2 Å². The second-order valence-electron chi connectivity index (χ2n) is 11.4. The van der Waals surface area contributed by atoms with Gasteiger partial charge in [-0.25, -0.2) is 8.42 Å². The van der Waals surface area contributed by atoms with Crippen molar-refractivity contribution in [2.75, 3.05) is 19.9 Å². The number of amides is 1. The number of hydrogen-bond donors (Lipinski definition) is 0. The molecule has 0 fully saturated rings. The van der Waals surface area contributed by atoms with Crippen LogP contribution in [0.2, 0.25) is 0 Å². The van der Waals surface area contributed by atoms with Gasteiger partial charge in [-0.1, -0.05) is 52.8 Å². The first kappa shape index (κ1) is 28.7. The van der Waals surface area contributed by atoms with Crippen molar-refractivity contribution < 1.29 is 27.1 Å². The molecule has 2 heterocycles. The smallest absolute Gasteiger partial charge is 0.243 e. The van der Waals surface area contributed by atoms with Crippen LogP contribution >= 0.6 is 0 Å². The number of fused-ring (bicyclic) bond motifs is 1. The molecular formula is C30H38N2O6S. The summed E-state index contributed by atoms with van der Waals surface area (Å²) in [5.41, 5.74) is 1.78. The summed E-state index contributed by atoms with van der Waals surface area (Å²) in [5.74, 6) is 2.34. The highest BCUT2D eigenvalue weighted by atomic mass is 32.2. The lowest BCUT2D eigenvalue weighted by Gasteiger charge is -2.28. The topological polar surface area (TPSA) is 89.3 Å². The van der Waals surface area contributed by atoms with E-state index in [-0.39, 0.29) is 55.1 Å². The van der Waals surface area contributed by atoms with E-state index >= 15 is 0 Å². The summed E-state index contributed by atoms with van der Waals surface area (Å²) in [7, 11) is -3.91. The third kappa shape index (κ3) is 7.02. The molecule has 8 nitrogen and oxygen atoms in total. The Morgan fingerprint density at radius 1 is 0.949 bits per heavy atom. The van der Waals surface area contributed by atoms with Crippen molar-refractivity contribution in [2.45, 2.75) is 64.9 Å². The zero-order valence-corrected chi connectivity index (χ0v) is 24.4. The number of ether oxygens (including phenoxy) is 2. The van der Waals surface area contributed by atoms with Gasteiger partial charge in [0.15, 0.2) is 11.5 Å². The fraction of sp³-hybridized carbons (Fsp3) is 0.433. The molecule has 4 rings (SSSR count). The van der Waals surface area contributed by atoms with E-state index in [0.29, 0.717) is 17.3 Å². The highest BCUT2D eigenvalue weighted by molar-refractivity contribution is 7.89. The summed E-state index contributed by atoms with van der Waals surface area (Å²) in [6.07, 6.45) is 0. The maximum atomic E-state index is 13.8. The van der Waals surface area contributed by atoms with Gasteiger partial charge in [0.2, 0.25) is 22.7 Å². The van der Waals surface area contributed by atoms with E-state index in [1.807, 2.05) is 63.2 Å². The molecule has 0 unspecified atom stereocenters. The molecular weight excluding hydrogens is 516 g/mol. The Morgan fingerprint density at radius 3 is 2.26 bits per heavy atom. The summed E-state index contributed by atoms with van der Waals surface area (Å²) >= 11 is 0. The molecule has 1 aliphatic heterocycles. The first-order valence-corrected chi connectivity index (χ1v) is 14.6. The van der Waals surface area contributed by atoms with E-state index in [1.165, 1.54) is 4.31 Å². The van der Waals surface area contributed by atoms with Crippen LogP contribution in [0.15, 0.2) is 63.9 Å². The molecule has 0 radical (unpaired) electrons. The molecule has 1 aliphatic rings. The van der Waals surface area contributed by atoms with Crippen molar-refractivity contribution in [2.24, 2.45) is 5.92 Å². The molecule has 1 aromatic heterocycles. The number of hydrogen-bond acceptors (Lipinski definition) is 6. The van der Waals surface area contributed by atoms with Gasteiger partial charge in [0.25, 0.3) is 0 Å². The van der Waals surface area contributed by atoms with Crippen LogP contribution in [0, 0.1) is 12.8 Å². The van der Waals surface area contributed by atoms with E-state index in [1.54, 1.807) is 17.0 Å². The van der Waals surface area contributed by atoms with Crippen molar-refractivity contribution >= 4 is 15.9 Å². The maximum absolute atomic E-state index is 13.8. The summed E-state index contributed by atoms with van der Waals surface area (Å²) in [5, 5.41) is 0. The normalized spacial score (nSPS) is 13.3. The molecule has 2 aromatic carbocycles. The van der Waals surface area contributed by atoms with Crippen molar-refractivity contribution in [3.8, 4) is 11.5 Å². The predicted molar refractivity (Wildman–Crippen MR) is 149 cm³/mol. The third-order valence-electron chi connectivity index (χ3n) is 6.54. The van der Waals surface area contributed by atoms with Gasteiger partial charge in [0.05, 0.1) is 18.0 Å². The second kappa shape index (κ2) is 11.4. The quantitative estimate of drug-likeness (QED) is 0.329. The van der Waals surface area contributed by atoms with Gasteiger partial charge in [0.1, 0.15) is 11.5 Å². The van der Waals surface area contributed by atoms with Gasteiger partial charge in [0, 0.05) is 13.1 Å². The Bertz CT molecular complexity index is 1400. The molecule has 9 heteroatoms. The van der Waals surface area contributed by atoms with Gasteiger partial charge in [-0.15, -0.1) is 0 Å². The number of benzene rings is 2. The Balaban J connectivity index is 1.60. The Labute approximate surface area is 231 Å². The van der Waals surface area contributed by atoms with E-state index in [9.17, 15) is 13.2 Å². The average molecular weight is 555 g/mol. The van der Waals surface area contributed by atoms with E-state index < -0.39 is 10.0 Å². The van der Waals surface area contributed by atoms with Gasteiger partial charge in [-0.05, 0) is 65.8 Å². The van der Waals surface area contributed by atoms with Crippen LogP contribution in [0.5, 0.6) is 11.5 Å². The summed E-state index contributed by atoms with van der Waals surface area (Å²) < 4.78 is 45.4. The minimum absolute atomic E-state index is 0.0245. The van der Waals surface area contributed by atoms with E-state index in [2.05, 4.69) is 20.8 Å². The maximum Gasteiger partial charge on any atom is 0.243 e. The van der Waals surface area contributed by atoms with Crippen LogP contribution in [0.1, 0.15) is 57.3 Å². The van der Waals surface area contributed by atoms with Crippen LogP contribution in [-0.2, 0) is 33.3 Å². The second-order valence-corrected chi connectivity index (χ2v) is 13.4. The monoisotopic (exact) mass is 554 g/mol. The zero-order valence-electron chi connectivity index (χ0n) is 23.6. The average Bonchev–Trinajstić information content (AvgIpc) is 3.50. The largest absolute Gasteiger partial charge is 0.464 e. The van der Waals surface area contributed by atoms with Crippen molar-refractivity contribution in [1.29, 1.82) is 0 Å². The minimum Gasteiger partial charge on any atom is -0.464 e. The molecule has 39 heavy (non-hydrogen) atoms. The third-order valence-corrected chi connectivity index (χ3v) is 8.37. The molecule has 0 aliphatic carbocycles. The van der Waals surface area contributed by atoms with Crippen molar-refractivity contribution in [1.82, 2.24) is 9.21 Å². The fourth-order valence-corrected chi connectivity index (χ4v) is 5.98. The first-order chi connectivity index (χ1) is 18.3.